The molecular formula is C30H32F3N7. The summed E-state index contributed by atoms with van der Waals surface area (Å²) in [4.78, 5) is 8.00. The van der Waals surface area contributed by atoms with Crippen LogP contribution in [0.5, 0.6) is 0 Å². The van der Waals surface area contributed by atoms with E-state index in [0.717, 1.165) is 42.0 Å². The number of aryl methyl sites for hydroxylation is 2. The van der Waals surface area contributed by atoms with Crippen LogP contribution in [-0.4, -0.2) is 67.3 Å². The van der Waals surface area contributed by atoms with Crippen molar-refractivity contribution in [2.45, 2.75) is 39.0 Å². The number of hydrogen-bond donors (Lipinski definition) is 1. The molecule has 6 rings (SSSR count). The first-order chi connectivity index (χ1) is 19.3. The second-order valence-electron chi connectivity index (χ2n) is 10.7. The molecule has 1 N–H and O–H groups in total. The summed E-state index contributed by atoms with van der Waals surface area (Å²) in [6.45, 7) is 7.78. The van der Waals surface area contributed by atoms with E-state index in [2.05, 4.69) is 48.6 Å². The highest BCUT2D eigenvalue weighted by atomic mass is 19.4. The predicted molar refractivity (Wildman–Crippen MR) is 148 cm³/mol. The van der Waals surface area contributed by atoms with Crippen molar-refractivity contribution in [2.75, 3.05) is 26.2 Å². The molecule has 1 aliphatic heterocycles. The maximum Gasteiger partial charge on any atom is 0.416 e. The van der Waals surface area contributed by atoms with E-state index >= 15 is 0 Å². The predicted octanol–water partition coefficient (Wildman–Crippen LogP) is 5.68. The number of nitrogens with zero attached hydrogens (tertiary/aromatic N) is 6. The molecule has 7 nitrogen and oxygen atoms in total. The first-order valence-corrected chi connectivity index (χ1v) is 13.6. The molecule has 4 aromatic rings. The lowest BCUT2D eigenvalue weighted by molar-refractivity contribution is -0.0892. The van der Waals surface area contributed by atoms with Gasteiger partial charge in [-0.3, -0.25) is 9.80 Å². The zero-order chi connectivity index (χ0) is 27.9. The van der Waals surface area contributed by atoms with Crippen LogP contribution in [0.3, 0.4) is 0 Å². The molecule has 2 aromatic heterocycles. The highest BCUT2D eigenvalue weighted by molar-refractivity contribution is 5.82. The molecule has 0 radical (unpaired) electrons. The van der Waals surface area contributed by atoms with Gasteiger partial charge in [0, 0.05) is 55.7 Å². The molecule has 2 aromatic carbocycles. The summed E-state index contributed by atoms with van der Waals surface area (Å²) < 4.78 is 43.0. The van der Waals surface area contributed by atoms with Crippen molar-refractivity contribution in [2.24, 2.45) is 5.92 Å². The number of H-pyrrole nitrogens is 1. The van der Waals surface area contributed by atoms with Gasteiger partial charge in [-0.15, -0.1) is 5.10 Å². The summed E-state index contributed by atoms with van der Waals surface area (Å²) in [6.07, 6.45) is 2.32. The van der Waals surface area contributed by atoms with E-state index in [1.54, 1.807) is 10.8 Å². The third kappa shape index (κ3) is 5.09. The van der Waals surface area contributed by atoms with E-state index < -0.39 is 23.7 Å². The lowest BCUT2D eigenvalue weighted by Gasteiger charge is -2.41. The maximum absolute atomic E-state index is 13.8. The Bertz CT molecular complexity index is 1540. The minimum atomic E-state index is -4.41. The van der Waals surface area contributed by atoms with Gasteiger partial charge in [-0.1, -0.05) is 54.6 Å². The van der Waals surface area contributed by atoms with Crippen molar-refractivity contribution in [3.05, 3.63) is 95.0 Å². The molecule has 2 atom stereocenters. The zero-order valence-electron chi connectivity index (χ0n) is 22.6. The second-order valence-corrected chi connectivity index (χ2v) is 10.7. The van der Waals surface area contributed by atoms with Gasteiger partial charge < -0.3 is 4.98 Å². The number of benzene rings is 2. The minimum Gasteiger partial charge on any atom is -0.361 e. The molecule has 2 aliphatic rings. The van der Waals surface area contributed by atoms with Crippen molar-refractivity contribution < 1.29 is 13.2 Å². The Labute approximate surface area is 231 Å². The van der Waals surface area contributed by atoms with E-state index in [9.17, 15) is 13.2 Å². The van der Waals surface area contributed by atoms with Gasteiger partial charge in [0.1, 0.15) is 0 Å². The number of allylic oxidation sites excluding steroid dienone is 3. The van der Waals surface area contributed by atoms with Crippen molar-refractivity contribution in [3.8, 4) is 5.69 Å². The Morgan fingerprint density at radius 3 is 2.50 bits per heavy atom. The van der Waals surface area contributed by atoms with Crippen LogP contribution in [0.4, 0.5) is 13.2 Å². The average molecular weight is 548 g/mol. The molecule has 3 heterocycles. The van der Waals surface area contributed by atoms with Gasteiger partial charge in [-0.05, 0) is 53.5 Å². The molecule has 40 heavy (non-hydrogen) atoms. The fraction of sp³-hybridized carbons (Fsp3) is 0.367. The molecule has 0 spiro atoms. The molecule has 10 heteroatoms. The zero-order valence-corrected chi connectivity index (χ0v) is 22.6. The Morgan fingerprint density at radius 1 is 1.00 bits per heavy atom. The monoisotopic (exact) mass is 547 g/mol. The summed E-state index contributed by atoms with van der Waals surface area (Å²) in [6, 6.07) is 13.8. The van der Waals surface area contributed by atoms with Gasteiger partial charge in [-0.2, -0.15) is 17.9 Å². The van der Waals surface area contributed by atoms with E-state index in [1.807, 2.05) is 44.2 Å². The van der Waals surface area contributed by atoms with E-state index in [1.165, 1.54) is 23.1 Å². The molecule has 1 fully saturated rings. The number of halogens is 3. The molecule has 1 unspecified atom stereocenters. The normalized spacial score (nSPS) is 19.7. The van der Waals surface area contributed by atoms with E-state index in [-0.39, 0.29) is 0 Å². The number of piperazine rings is 1. The first-order valence-electron chi connectivity index (χ1n) is 13.6. The lowest BCUT2D eigenvalue weighted by atomic mass is 9.87. The molecule has 1 aliphatic carbocycles. The van der Waals surface area contributed by atoms with Gasteiger partial charge in [0.05, 0.1) is 17.3 Å². The van der Waals surface area contributed by atoms with Crippen molar-refractivity contribution in [1.29, 1.82) is 0 Å². The van der Waals surface area contributed by atoms with Crippen LogP contribution in [0.1, 0.15) is 35.0 Å². The van der Waals surface area contributed by atoms with Crippen LogP contribution >= 0.6 is 0 Å². The highest BCUT2D eigenvalue weighted by Crippen LogP contribution is 2.39. The van der Waals surface area contributed by atoms with Crippen LogP contribution in [0, 0.1) is 19.8 Å². The lowest BCUT2D eigenvalue weighted by Crippen LogP contribution is -2.49. The number of fused-ring (bicyclic) bond motifs is 1. The Balaban J connectivity index is 1.30. The van der Waals surface area contributed by atoms with Crippen molar-refractivity contribution in [3.63, 3.8) is 0 Å². The number of alkyl halides is 3. The molecular weight excluding hydrogens is 515 g/mol. The third-order valence-corrected chi connectivity index (χ3v) is 8.11. The topological polar surface area (TPSA) is 65.9 Å². The number of hydrogen-bond acceptors (Lipinski definition) is 5. The fourth-order valence-electron chi connectivity index (χ4n) is 6.12. The van der Waals surface area contributed by atoms with Crippen LogP contribution in [0.2, 0.25) is 0 Å². The molecule has 0 saturated carbocycles. The summed E-state index contributed by atoms with van der Waals surface area (Å²) in [7, 11) is 0. The maximum atomic E-state index is 13.8. The standard InChI is InChI=1S/C30H32F3N7/c1-20-7-5-8-21(2)27(20)40-29(35-36-37-40)28(22-9-6-10-24(17-22)30(31,32)33)39-15-13-38(14-16-39)19-23-18-34-26-12-4-3-11-25(23)26/h3-8,10-12,17-18,22,28,34H,9,13-16,19H2,1-2H3/t22?,28-/m0/s1. The number of para-hydroxylation sites is 2. The van der Waals surface area contributed by atoms with Crippen LogP contribution < -0.4 is 0 Å². The van der Waals surface area contributed by atoms with Crippen LogP contribution in [-0.2, 0) is 6.54 Å². The smallest absolute Gasteiger partial charge is 0.361 e. The molecule has 0 amide bonds. The van der Waals surface area contributed by atoms with Crippen LogP contribution in [0.15, 0.2) is 72.5 Å². The van der Waals surface area contributed by atoms with Gasteiger partial charge in [0.15, 0.2) is 5.82 Å². The summed E-state index contributed by atoms with van der Waals surface area (Å²) in [5.41, 5.74) is 4.63. The third-order valence-electron chi connectivity index (χ3n) is 8.11. The fourth-order valence-corrected chi connectivity index (χ4v) is 6.12. The van der Waals surface area contributed by atoms with Gasteiger partial charge in [0.25, 0.3) is 0 Å². The SMILES string of the molecule is Cc1cccc(C)c1-n1nnnc1[C@H](C1C=C(C(F)(F)F)C=CC1)N1CCN(Cc2c[nH]c3ccccc23)CC1. The average Bonchev–Trinajstić information content (AvgIpc) is 3.57. The van der Waals surface area contributed by atoms with Gasteiger partial charge in [-0.25, -0.2) is 0 Å². The quantitative estimate of drug-likeness (QED) is 0.336. The number of tetrazole rings is 1. The summed E-state index contributed by atoms with van der Waals surface area (Å²) in [5.74, 6) is 0.149. The molecule has 1 saturated heterocycles. The number of nitrogens with one attached hydrogen (secondary N) is 1. The second kappa shape index (κ2) is 10.7. The summed E-state index contributed by atoms with van der Waals surface area (Å²) >= 11 is 0. The van der Waals surface area contributed by atoms with E-state index in [4.69, 9.17) is 0 Å². The summed E-state index contributed by atoms with van der Waals surface area (Å²) in [5, 5.41) is 14.0. The largest absolute Gasteiger partial charge is 0.416 e. The highest BCUT2D eigenvalue weighted by Gasteiger charge is 2.39. The number of aromatic nitrogens is 5. The van der Waals surface area contributed by atoms with Gasteiger partial charge in [0.2, 0.25) is 0 Å². The Morgan fingerprint density at radius 2 is 1.75 bits per heavy atom. The number of rotatable bonds is 6. The molecule has 208 valence electrons. The first kappa shape index (κ1) is 26.5. The van der Waals surface area contributed by atoms with Crippen molar-refractivity contribution >= 4 is 10.9 Å². The van der Waals surface area contributed by atoms with E-state index in [0.29, 0.717) is 25.3 Å². The number of aromatic amines is 1. The van der Waals surface area contributed by atoms with Gasteiger partial charge >= 0.3 is 6.18 Å². The molecule has 0 bridgehead atoms. The van der Waals surface area contributed by atoms with Crippen molar-refractivity contribution in [1.82, 2.24) is 35.0 Å². The van der Waals surface area contributed by atoms with Crippen LogP contribution in [0.25, 0.3) is 16.6 Å². The Kier molecular flexibility index (Phi) is 7.06. The Hall–Kier alpha value is -3.76. The minimum absolute atomic E-state index is 0.411.